The Kier molecular flexibility index (Phi) is 3.96. The Bertz CT molecular complexity index is 542. The number of aromatic nitrogens is 5. The van der Waals surface area contributed by atoms with Gasteiger partial charge in [-0.15, -0.1) is 0 Å². The van der Waals surface area contributed by atoms with Gasteiger partial charge in [-0.25, -0.2) is 4.68 Å². The van der Waals surface area contributed by atoms with Crippen LogP contribution < -0.4 is 5.32 Å². The molecule has 0 bridgehead atoms. The quantitative estimate of drug-likeness (QED) is 0.859. The summed E-state index contributed by atoms with van der Waals surface area (Å²) >= 11 is 5.84. The first-order chi connectivity index (χ1) is 9.00. The van der Waals surface area contributed by atoms with E-state index in [2.05, 4.69) is 25.4 Å². The smallest absolute Gasteiger partial charge is 0.256 e. The first-order valence-electron chi connectivity index (χ1n) is 5.88. The number of rotatable bonds is 5. The average molecular weight is 283 g/mol. The van der Waals surface area contributed by atoms with E-state index in [0.717, 1.165) is 0 Å². The maximum atomic E-state index is 9.92. The van der Waals surface area contributed by atoms with E-state index in [0.29, 0.717) is 24.9 Å². The van der Waals surface area contributed by atoms with E-state index in [4.69, 9.17) is 11.6 Å². The van der Waals surface area contributed by atoms with E-state index in [1.807, 2.05) is 6.92 Å². The second-order valence-corrected chi connectivity index (χ2v) is 4.72. The molecule has 2 aromatic rings. The van der Waals surface area contributed by atoms with E-state index in [9.17, 15) is 5.11 Å². The molecule has 2 aromatic heterocycles. The van der Waals surface area contributed by atoms with Crippen LogP contribution in [0.5, 0.6) is 0 Å². The monoisotopic (exact) mass is 282 g/mol. The lowest BCUT2D eigenvalue weighted by Crippen LogP contribution is -2.33. The number of aliphatic hydroxyl groups is 1. The van der Waals surface area contributed by atoms with Crippen LogP contribution >= 0.6 is 11.6 Å². The summed E-state index contributed by atoms with van der Waals surface area (Å²) in [6.07, 6.45) is 3.94. The predicted octanol–water partition coefficient (Wildman–Crippen LogP) is 1.28. The predicted molar refractivity (Wildman–Crippen MR) is 71.4 cm³/mol. The second kappa shape index (κ2) is 5.50. The van der Waals surface area contributed by atoms with E-state index in [1.165, 1.54) is 4.68 Å². The Morgan fingerprint density at radius 1 is 1.42 bits per heavy atom. The molecule has 0 saturated carbocycles. The van der Waals surface area contributed by atoms with Crippen LogP contribution in [0.3, 0.4) is 0 Å². The summed E-state index contributed by atoms with van der Waals surface area (Å²) in [4.78, 5) is 12.1. The first kappa shape index (κ1) is 13.7. The van der Waals surface area contributed by atoms with Gasteiger partial charge in [0.2, 0.25) is 11.2 Å². The normalized spacial score (nSPS) is 14.1. The van der Waals surface area contributed by atoms with Crippen molar-refractivity contribution in [3.05, 3.63) is 23.7 Å². The van der Waals surface area contributed by atoms with Crippen LogP contribution in [0.25, 0.3) is 5.95 Å². The van der Waals surface area contributed by atoms with Crippen LogP contribution in [0.4, 0.5) is 5.95 Å². The summed E-state index contributed by atoms with van der Waals surface area (Å²) in [5.74, 6) is 0.628. The lowest BCUT2D eigenvalue weighted by Gasteiger charge is -2.21. The number of halogens is 1. The molecular formula is C11H15ClN6O. The third kappa shape index (κ3) is 3.62. The van der Waals surface area contributed by atoms with Gasteiger partial charge in [0.05, 0.1) is 5.60 Å². The molecule has 0 saturated heterocycles. The van der Waals surface area contributed by atoms with Crippen LogP contribution in [0.1, 0.15) is 20.3 Å². The minimum absolute atomic E-state index is 0.0686. The molecule has 0 aliphatic carbocycles. The van der Waals surface area contributed by atoms with Gasteiger partial charge < -0.3 is 10.4 Å². The van der Waals surface area contributed by atoms with Gasteiger partial charge in [0, 0.05) is 18.9 Å². The standard InChI is InChI=1S/C11H15ClN6O/c1-3-11(2,19)7-13-9-15-8(12)16-10(17-9)18-6-4-5-14-18/h4-6,19H,3,7H2,1-2H3,(H,13,15,16,17). The maximum absolute atomic E-state index is 9.92. The lowest BCUT2D eigenvalue weighted by atomic mass is 10.0. The molecule has 0 spiro atoms. The molecule has 2 rings (SSSR count). The molecule has 0 radical (unpaired) electrons. The number of hydrogen-bond donors (Lipinski definition) is 2. The van der Waals surface area contributed by atoms with Crippen molar-refractivity contribution >= 4 is 17.5 Å². The summed E-state index contributed by atoms with van der Waals surface area (Å²) < 4.78 is 1.48. The van der Waals surface area contributed by atoms with E-state index in [-0.39, 0.29) is 5.28 Å². The van der Waals surface area contributed by atoms with Crippen molar-refractivity contribution in [2.75, 3.05) is 11.9 Å². The molecular weight excluding hydrogens is 268 g/mol. The van der Waals surface area contributed by atoms with Crippen molar-refractivity contribution in [1.82, 2.24) is 24.7 Å². The zero-order valence-corrected chi connectivity index (χ0v) is 11.5. The number of nitrogens with zero attached hydrogens (tertiary/aromatic N) is 5. The van der Waals surface area contributed by atoms with Crippen LogP contribution in [0, 0.1) is 0 Å². The third-order valence-electron chi connectivity index (χ3n) is 2.69. The van der Waals surface area contributed by atoms with E-state index >= 15 is 0 Å². The first-order valence-corrected chi connectivity index (χ1v) is 6.26. The summed E-state index contributed by atoms with van der Waals surface area (Å²) in [6, 6.07) is 1.76. The Morgan fingerprint density at radius 3 is 2.84 bits per heavy atom. The number of nitrogens with one attached hydrogen (secondary N) is 1. The maximum Gasteiger partial charge on any atom is 0.256 e. The Balaban J connectivity index is 2.18. The van der Waals surface area contributed by atoms with Crippen molar-refractivity contribution in [3.8, 4) is 5.95 Å². The topological polar surface area (TPSA) is 88.8 Å². The fourth-order valence-electron chi connectivity index (χ4n) is 1.30. The molecule has 19 heavy (non-hydrogen) atoms. The molecule has 1 unspecified atom stereocenters. The highest BCUT2D eigenvalue weighted by Gasteiger charge is 2.18. The molecule has 0 fully saturated rings. The average Bonchev–Trinajstić information content (AvgIpc) is 2.90. The van der Waals surface area contributed by atoms with Gasteiger partial charge in [0.15, 0.2) is 0 Å². The molecule has 0 aliphatic heterocycles. The fraction of sp³-hybridized carbons (Fsp3) is 0.455. The fourth-order valence-corrected chi connectivity index (χ4v) is 1.46. The Morgan fingerprint density at radius 2 is 2.21 bits per heavy atom. The van der Waals surface area contributed by atoms with Crippen molar-refractivity contribution in [3.63, 3.8) is 0 Å². The van der Waals surface area contributed by atoms with Crippen LogP contribution in [-0.2, 0) is 0 Å². The summed E-state index contributed by atoms with van der Waals surface area (Å²) in [5, 5.41) is 17.0. The highest BCUT2D eigenvalue weighted by Crippen LogP contribution is 2.12. The molecule has 8 heteroatoms. The number of anilines is 1. The van der Waals surface area contributed by atoms with Gasteiger partial charge >= 0.3 is 0 Å². The van der Waals surface area contributed by atoms with Crippen molar-refractivity contribution < 1.29 is 5.11 Å². The van der Waals surface area contributed by atoms with E-state index in [1.54, 1.807) is 25.4 Å². The van der Waals surface area contributed by atoms with Gasteiger partial charge in [-0.1, -0.05) is 6.92 Å². The molecule has 2 heterocycles. The van der Waals surface area contributed by atoms with Gasteiger partial charge in [0.1, 0.15) is 0 Å². The molecule has 7 nitrogen and oxygen atoms in total. The van der Waals surface area contributed by atoms with Gasteiger partial charge in [-0.05, 0) is 31.0 Å². The zero-order valence-electron chi connectivity index (χ0n) is 10.7. The zero-order chi connectivity index (χ0) is 13.9. The largest absolute Gasteiger partial charge is 0.388 e. The van der Waals surface area contributed by atoms with Crippen LogP contribution in [0.15, 0.2) is 18.5 Å². The van der Waals surface area contributed by atoms with Gasteiger partial charge in [0.25, 0.3) is 5.95 Å². The summed E-state index contributed by atoms with van der Waals surface area (Å²) in [5.41, 5.74) is -0.828. The summed E-state index contributed by atoms with van der Waals surface area (Å²) in [6.45, 7) is 3.96. The van der Waals surface area contributed by atoms with Crippen LogP contribution in [-0.4, -0.2) is 42.0 Å². The van der Waals surface area contributed by atoms with Crippen LogP contribution in [0.2, 0.25) is 5.28 Å². The highest BCUT2D eigenvalue weighted by atomic mass is 35.5. The van der Waals surface area contributed by atoms with Gasteiger partial charge in [-0.2, -0.15) is 20.1 Å². The SMILES string of the molecule is CCC(C)(O)CNc1nc(Cl)nc(-n2cccn2)n1. The second-order valence-electron chi connectivity index (χ2n) is 4.38. The lowest BCUT2D eigenvalue weighted by molar-refractivity contribution is 0.0695. The molecule has 102 valence electrons. The third-order valence-corrected chi connectivity index (χ3v) is 2.86. The highest BCUT2D eigenvalue weighted by molar-refractivity contribution is 6.28. The minimum Gasteiger partial charge on any atom is -0.388 e. The van der Waals surface area contributed by atoms with Crippen molar-refractivity contribution in [1.29, 1.82) is 0 Å². The van der Waals surface area contributed by atoms with Gasteiger partial charge in [-0.3, -0.25) is 0 Å². The van der Waals surface area contributed by atoms with Crippen molar-refractivity contribution in [2.24, 2.45) is 0 Å². The van der Waals surface area contributed by atoms with Crippen molar-refractivity contribution in [2.45, 2.75) is 25.9 Å². The Hall–Kier alpha value is -1.73. The molecule has 0 amide bonds. The Labute approximate surface area is 115 Å². The number of hydrogen-bond acceptors (Lipinski definition) is 6. The molecule has 2 N–H and O–H groups in total. The molecule has 1 atom stereocenters. The summed E-state index contributed by atoms with van der Waals surface area (Å²) in [7, 11) is 0. The molecule has 0 aliphatic rings. The molecule has 0 aromatic carbocycles. The minimum atomic E-state index is -0.828. The van der Waals surface area contributed by atoms with E-state index < -0.39 is 5.60 Å².